The van der Waals surface area contributed by atoms with Crippen LogP contribution in [-0.4, -0.2) is 67.3 Å². The third-order valence-electron chi connectivity index (χ3n) is 3.75. The van der Waals surface area contributed by atoms with E-state index < -0.39 is 10.0 Å². The Labute approximate surface area is 103 Å². The number of nitrogens with zero attached hydrogens (tertiary/aromatic N) is 2. The molecule has 17 heavy (non-hydrogen) atoms. The molecule has 0 bridgehead atoms. The first-order valence-electron chi connectivity index (χ1n) is 6.46. The Morgan fingerprint density at radius 2 is 2.00 bits per heavy atom. The standard InChI is InChI=1S/C11H22N2O3S/c14-8-3-9-17(15,16)13-7-6-12-5-2-1-4-11(12)10-13/h11,14H,1-10H2. The Kier molecular flexibility index (Phi) is 4.41. The molecule has 2 aliphatic rings. The van der Waals surface area contributed by atoms with Gasteiger partial charge < -0.3 is 5.11 Å². The van der Waals surface area contributed by atoms with Crippen LogP contribution in [0.1, 0.15) is 25.7 Å². The smallest absolute Gasteiger partial charge is 0.214 e. The summed E-state index contributed by atoms with van der Waals surface area (Å²) >= 11 is 0. The second-order valence-corrected chi connectivity index (χ2v) is 7.03. The molecule has 2 saturated heterocycles. The summed E-state index contributed by atoms with van der Waals surface area (Å²) < 4.78 is 25.7. The number of piperidine rings is 1. The van der Waals surface area contributed by atoms with Crippen LogP contribution < -0.4 is 0 Å². The molecular formula is C11H22N2O3S. The van der Waals surface area contributed by atoms with E-state index in [4.69, 9.17) is 5.11 Å². The maximum atomic E-state index is 12.0. The van der Waals surface area contributed by atoms with Gasteiger partial charge in [0.25, 0.3) is 0 Å². The number of rotatable bonds is 4. The first-order valence-corrected chi connectivity index (χ1v) is 8.07. The fraction of sp³-hybridized carbons (Fsp3) is 1.00. The van der Waals surface area contributed by atoms with Crippen molar-refractivity contribution in [2.45, 2.75) is 31.7 Å². The van der Waals surface area contributed by atoms with Crippen LogP contribution in [0, 0.1) is 0 Å². The molecule has 0 aliphatic carbocycles. The maximum Gasteiger partial charge on any atom is 0.214 e. The molecule has 1 unspecified atom stereocenters. The van der Waals surface area contributed by atoms with Crippen molar-refractivity contribution in [3.63, 3.8) is 0 Å². The van der Waals surface area contributed by atoms with Gasteiger partial charge in [-0.05, 0) is 25.8 Å². The summed E-state index contributed by atoms with van der Waals surface area (Å²) in [7, 11) is -3.15. The Bertz CT molecular complexity index is 345. The van der Waals surface area contributed by atoms with Gasteiger partial charge >= 0.3 is 0 Å². The minimum absolute atomic E-state index is 0.0530. The van der Waals surface area contributed by atoms with Gasteiger partial charge in [0.1, 0.15) is 0 Å². The number of sulfonamides is 1. The molecule has 0 aromatic heterocycles. The minimum atomic E-state index is -3.15. The van der Waals surface area contributed by atoms with E-state index in [1.807, 2.05) is 0 Å². The normalized spacial score (nSPS) is 27.9. The molecule has 2 aliphatic heterocycles. The second kappa shape index (κ2) is 5.65. The van der Waals surface area contributed by atoms with E-state index >= 15 is 0 Å². The van der Waals surface area contributed by atoms with Crippen LogP contribution in [0.25, 0.3) is 0 Å². The highest BCUT2D eigenvalue weighted by molar-refractivity contribution is 7.89. The first-order chi connectivity index (χ1) is 8.13. The predicted octanol–water partition coefficient (Wildman–Crippen LogP) is -0.131. The monoisotopic (exact) mass is 262 g/mol. The summed E-state index contributed by atoms with van der Waals surface area (Å²) in [6, 6.07) is 0.418. The Morgan fingerprint density at radius 1 is 1.18 bits per heavy atom. The third-order valence-corrected chi connectivity index (χ3v) is 5.68. The molecule has 2 fully saturated rings. The van der Waals surface area contributed by atoms with Crippen molar-refractivity contribution < 1.29 is 13.5 Å². The molecule has 0 radical (unpaired) electrons. The highest BCUT2D eigenvalue weighted by Gasteiger charge is 2.33. The van der Waals surface area contributed by atoms with Crippen LogP contribution in [0.3, 0.4) is 0 Å². The van der Waals surface area contributed by atoms with Crippen molar-refractivity contribution >= 4 is 10.0 Å². The molecule has 0 spiro atoms. The van der Waals surface area contributed by atoms with Gasteiger partial charge in [0, 0.05) is 32.3 Å². The molecular weight excluding hydrogens is 240 g/mol. The Hall–Kier alpha value is -0.170. The van der Waals surface area contributed by atoms with E-state index in [-0.39, 0.29) is 12.4 Å². The van der Waals surface area contributed by atoms with Gasteiger partial charge in [0.2, 0.25) is 10.0 Å². The quantitative estimate of drug-likeness (QED) is 0.766. The zero-order valence-corrected chi connectivity index (χ0v) is 11.0. The molecule has 0 saturated carbocycles. The summed E-state index contributed by atoms with van der Waals surface area (Å²) in [6.45, 7) is 3.19. The summed E-state index contributed by atoms with van der Waals surface area (Å²) in [5, 5.41) is 8.72. The Morgan fingerprint density at radius 3 is 2.76 bits per heavy atom. The van der Waals surface area contributed by atoms with Gasteiger partial charge in [-0.1, -0.05) is 6.42 Å². The molecule has 100 valence electrons. The molecule has 1 N–H and O–H groups in total. The molecule has 1 atom stereocenters. The van der Waals surface area contributed by atoms with Gasteiger partial charge in [-0.25, -0.2) is 8.42 Å². The number of piperazine rings is 1. The number of fused-ring (bicyclic) bond motifs is 1. The summed E-state index contributed by atoms with van der Waals surface area (Å²) in [6.07, 6.45) is 3.92. The topological polar surface area (TPSA) is 60.9 Å². The van der Waals surface area contributed by atoms with E-state index in [1.165, 1.54) is 12.8 Å². The largest absolute Gasteiger partial charge is 0.396 e. The summed E-state index contributed by atoms with van der Waals surface area (Å²) in [5.41, 5.74) is 0. The number of aliphatic hydroxyl groups excluding tert-OH is 1. The van der Waals surface area contributed by atoms with E-state index in [2.05, 4.69) is 4.90 Å². The third kappa shape index (κ3) is 3.19. The van der Waals surface area contributed by atoms with Crippen LogP contribution in [0.2, 0.25) is 0 Å². The number of hydrogen-bond acceptors (Lipinski definition) is 4. The van der Waals surface area contributed by atoms with Crippen molar-refractivity contribution in [1.29, 1.82) is 0 Å². The van der Waals surface area contributed by atoms with E-state index in [9.17, 15) is 8.42 Å². The zero-order chi connectivity index (χ0) is 12.3. The van der Waals surface area contributed by atoms with Crippen LogP contribution in [-0.2, 0) is 10.0 Å². The van der Waals surface area contributed by atoms with Gasteiger partial charge in [-0.3, -0.25) is 4.90 Å². The van der Waals surface area contributed by atoms with Crippen LogP contribution in [0.4, 0.5) is 0 Å². The molecule has 0 aromatic carbocycles. The molecule has 0 amide bonds. The van der Waals surface area contributed by atoms with E-state index in [0.717, 1.165) is 19.5 Å². The summed E-state index contributed by atoms with van der Waals surface area (Å²) in [4.78, 5) is 2.42. The highest BCUT2D eigenvalue weighted by atomic mass is 32.2. The number of aliphatic hydroxyl groups is 1. The van der Waals surface area contributed by atoms with Gasteiger partial charge in [0.05, 0.1) is 5.75 Å². The molecule has 6 heteroatoms. The molecule has 0 aromatic rings. The maximum absolute atomic E-state index is 12.0. The van der Waals surface area contributed by atoms with Crippen LogP contribution in [0.5, 0.6) is 0 Å². The van der Waals surface area contributed by atoms with E-state index in [0.29, 0.717) is 25.6 Å². The van der Waals surface area contributed by atoms with Crippen molar-refractivity contribution in [3.8, 4) is 0 Å². The molecule has 5 nitrogen and oxygen atoms in total. The lowest BCUT2D eigenvalue weighted by Crippen LogP contribution is -2.56. The lowest BCUT2D eigenvalue weighted by molar-refractivity contribution is 0.0851. The molecule has 2 heterocycles. The van der Waals surface area contributed by atoms with Gasteiger partial charge in [-0.2, -0.15) is 4.31 Å². The lowest BCUT2D eigenvalue weighted by Gasteiger charge is -2.43. The molecule has 2 rings (SSSR count). The predicted molar refractivity (Wildman–Crippen MR) is 66.3 cm³/mol. The minimum Gasteiger partial charge on any atom is -0.396 e. The van der Waals surface area contributed by atoms with Crippen molar-refractivity contribution in [2.75, 3.05) is 38.5 Å². The van der Waals surface area contributed by atoms with Gasteiger partial charge in [0.15, 0.2) is 0 Å². The Balaban J connectivity index is 1.94. The van der Waals surface area contributed by atoms with Gasteiger partial charge in [-0.15, -0.1) is 0 Å². The first kappa shape index (κ1) is 13.3. The van der Waals surface area contributed by atoms with Crippen LogP contribution >= 0.6 is 0 Å². The average molecular weight is 262 g/mol. The van der Waals surface area contributed by atoms with Crippen molar-refractivity contribution in [2.24, 2.45) is 0 Å². The highest BCUT2D eigenvalue weighted by Crippen LogP contribution is 2.22. The lowest BCUT2D eigenvalue weighted by atomic mass is 10.0. The zero-order valence-electron chi connectivity index (χ0n) is 10.2. The second-order valence-electron chi connectivity index (χ2n) is 4.94. The fourth-order valence-corrected chi connectivity index (χ4v) is 4.27. The van der Waals surface area contributed by atoms with Crippen LogP contribution in [0.15, 0.2) is 0 Å². The SMILES string of the molecule is O=S(=O)(CCCO)N1CCN2CCCCC2C1. The average Bonchev–Trinajstić information content (AvgIpc) is 2.36. The summed E-state index contributed by atoms with van der Waals surface area (Å²) in [5.74, 6) is 0.0796. The van der Waals surface area contributed by atoms with Crippen molar-refractivity contribution in [1.82, 2.24) is 9.21 Å². The van der Waals surface area contributed by atoms with Crippen molar-refractivity contribution in [3.05, 3.63) is 0 Å². The van der Waals surface area contributed by atoms with E-state index in [1.54, 1.807) is 4.31 Å². The fourth-order valence-electron chi connectivity index (χ4n) is 2.76. The number of hydrogen-bond donors (Lipinski definition) is 1.